The lowest BCUT2D eigenvalue weighted by Gasteiger charge is -2.42. The van der Waals surface area contributed by atoms with Gasteiger partial charge < -0.3 is 9.16 Å². The molecule has 0 aliphatic carbocycles. The summed E-state index contributed by atoms with van der Waals surface area (Å²) in [7, 11) is -1.90. The number of amides is 1. The van der Waals surface area contributed by atoms with Gasteiger partial charge in [0, 0.05) is 12.1 Å². The van der Waals surface area contributed by atoms with Crippen molar-refractivity contribution in [1.82, 2.24) is 0 Å². The summed E-state index contributed by atoms with van der Waals surface area (Å²) in [6, 6.07) is 17.8. The minimum atomic E-state index is -1.90. The molecule has 0 fully saturated rings. The maximum Gasteiger partial charge on any atom is 0.414 e. The van der Waals surface area contributed by atoms with Crippen LogP contribution in [0.25, 0.3) is 0 Å². The largest absolute Gasteiger partial charge is 0.444 e. The van der Waals surface area contributed by atoms with Gasteiger partial charge in [-0.3, -0.25) is 4.90 Å². The number of fused-ring (bicyclic) bond motifs is 1. The van der Waals surface area contributed by atoms with Crippen LogP contribution in [0.4, 0.5) is 10.5 Å². The summed E-state index contributed by atoms with van der Waals surface area (Å²) in [5.74, 6) is 0. The highest BCUT2D eigenvalue weighted by Crippen LogP contribution is 2.44. The van der Waals surface area contributed by atoms with Gasteiger partial charge in [-0.15, -0.1) is 0 Å². The molecule has 1 atom stereocenters. The number of nitrogens with zero attached hydrogens (tertiary/aromatic N) is 1. The van der Waals surface area contributed by atoms with E-state index in [1.807, 2.05) is 48.5 Å². The Balaban J connectivity index is 1.76. The Kier molecular flexibility index (Phi) is 5.96. The van der Waals surface area contributed by atoms with Crippen LogP contribution < -0.4 is 4.90 Å². The Bertz CT molecular complexity index is 814. The second-order valence-corrected chi connectivity index (χ2v) is 13.7. The van der Waals surface area contributed by atoms with Crippen molar-refractivity contribution in [2.24, 2.45) is 0 Å². The van der Waals surface area contributed by atoms with Crippen molar-refractivity contribution >= 4 is 20.1 Å². The number of hydrogen-bond acceptors (Lipinski definition) is 3. The molecular weight excluding hydrogens is 366 g/mol. The first kappa shape index (κ1) is 20.6. The smallest absolute Gasteiger partial charge is 0.414 e. The number of anilines is 1. The molecule has 1 aliphatic heterocycles. The third kappa shape index (κ3) is 4.47. The lowest BCUT2D eigenvalue weighted by atomic mass is 9.99. The van der Waals surface area contributed by atoms with Crippen LogP contribution in [0.15, 0.2) is 54.6 Å². The quantitative estimate of drug-likeness (QED) is 0.569. The van der Waals surface area contributed by atoms with Crippen LogP contribution in [0, 0.1) is 0 Å². The molecule has 0 aromatic heterocycles. The number of benzene rings is 2. The first-order valence-electron chi connectivity index (χ1n) is 9.94. The topological polar surface area (TPSA) is 38.8 Å². The van der Waals surface area contributed by atoms with E-state index in [1.54, 1.807) is 4.90 Å². The van der Waals surface area contributed by atoms with Gasteiger partial charge in [0.1, 0.15) is 6.61 Å². The molecular formula is C23H31NO3Si. The normalized spacial score (nSPS) is 17.2. The van der Waals surface area contributed by atoms with Gasteiger partial charge in [0.15, 0.2) is 8.32 Å². The van der Waals surface area contributed by atoms with Gasteiger partial charge >= 0.3 is 6.09 Å². The molecule has 0 bridgehead atoms. The van der Waals surface area contributed by atoms with E-state index in [-0.39, 0.29) is 23.8 Å². The predicted octanol–water partition coefficient (Wildman–Crippen LogP) is 6.30. The monoisotopic (exact) mass is 397 g/mol. The highest BCUT2D eigenvalue weighted by molar-refractivity contribution is 6.74. The standard InChI is InChI=1S/C23H31NO3Si/c1-23(2,3)28(4,5)27-21-15-16-24(20-14-10-9-13-19(20)21)22(25)26-17-18-11-7-6-8-12-18/h6-14,21H,15-17H2,1-5H3/t21-/m0/s1. The number of carbonyl (C=O) groups excluding carboxylic acids is 1. The zero-order chi connectivity index (χ0) is 20.4. The molecule has 2 aromatic carbocycles. The Morgan fingerprint density at radius 2 is 1.71 bits per heavy atom. The number of para-hydroxylation sites is 1. The zero-order valence-electron chi connectivity index (χ0n) is 17.6. The van der Waals surface area contributed by atoms with Gasteiger partial charge in [-0.1, -0.05) is 69.3 Å². The third-order valence-electron chi connectivity index (χ3n) is 5.86. The second-order valence-electron chi connectivity index (χ2n) is 8.91. The third-order valence-corrected chi connectivity index (χ3v) is 10.3. The molecule has 5 heteroatoms. The summed E-state index contributed by atoms with van der Waals surface area (Å²) in [5, 5.41) is 0.147. The zero-order valence-corrected chi connectivity index (χ0v) is 18.6. The van der Waals surface area contributed by atoms with Gasteiger partial charge in [-0.2, -0.15) is 0 Å². The minimum absolute atomic E-state index is 0.0234. The van der Waals surface area contributed by atoms with E-state index in [0.29, 0.717) is 6.54 Å². The van der Waals surface area contributed by atoms with Crippen molar-refractivity contribution < 1.29 is 14.0 Å². The summed E-state index contributed by atoms with van der Waals surface area (Å²) < 4.78 is 12.3. The van der Waals surface area contributed by atoms with Crippen LogP contribution in [0.5, 0.6) is 0 Å². The van der Waals surface area contributed by atoms with Crippen LogP contribution in [0.2, 0.25) is 18.1 Å². The molecule has 0 N–H and O–H groups in total. The number of rotatable bonds is 4. The summed E-state index contributed by atoms with van der Waals surface area (Å²) in [5.41, 5.74) is 2.96. The summed E-state index contributed by atoms with van der Waals surface area (Å²) in [4.78, 5) is 14.5. The predicted molar refractivity (Wildman–Crippen MR) is 116 cm³/mol. The van der Waals surface area contributed by atoms with Gasteiger partial charge in [-0.05, 0) is 36.2 Å². The molecule has 0 saturated carbocycles. The van der Waals surface area contributed by atoms with Crippen LogP contribution in [-0.2, 0) is 15.8 Å². The highest BCUT2D eigenvalue weighted by Gasteiger charge is 2.41. The molecule has 28 heavy (non-hydrogen) atoms. The van der Waals surface area contributed by atoms with Crippen LogP contribution >= 0.6 is 0 Å². The molecule has 4 nitrogen and oxygen atoms in total. The van der Waals surface area contributed by atoms with Crippen LogP contribution in [0.1, 0.15) is 44.4 Å². The molecule has 150 valence electrons. The van der Waals surface area contributed by atoms with Crippen molar-refractivity contribution in [2.45, 2.75) is 58.0 Å². The van der Waals surface area contributed by atoms with E-state index in [4.69, 9.17) is 9.16 Å². The summed E-state index contributed by atoms with van der Waals surface area (Å²) in [6.45, 7) is 12.2. The van der Waals surface area contributed by atoms with E-state index in [0.717, 1.165) is 23.2 Å². The Hall–Kier alpha value is -2.11. The SMILES string of the molecule is CC(C)(C)[Si](C)(C)O[C@H]1CCN(C(=O)OCc2ccccc2)c2ccccc21. The van der Waals surface area contributed by atoms with E-state index >= 15 is 0 Å². The van der Waals surface area contributed by atoms with Crippen LogP contribution in [-0.4, -0.2) is 21.0 Å². The first-order chi connectivity index (χ1) is 13.2. The van der Waals surface area contributed by atoms with E-state index < -0.39 is 8.32 Å². The molecule has 0 saturated heterocycles. The summed E-state index contributed by atoms with van der Waals surface area (Å²) >= 11 is 0. The maximum absolute atomic E-state index is 12.8. The molecule has 1 aliphatic rings. The van der Waals surface area contributed by atoms with Crippen LogP contribution in [0.3, 0.4) is 0 Å². The van der Waals surface area contributed by atoms with Gasteiger partial charge in [-0.25, -0.2) is 4.79 Å². The molecule has 0 unspecified atom stereocenters. The minimum Gasteiger partial charge on any atom is -0.444 e. The lowest BCUT2D eigenvalue weighted by molar-refractivity contribution is 0.139. The lowest BCUT2D eigenvalue weighted by Crippen LogP contribution is -2.44. The Morgan fingerprint density at radius 1 is 1.07 bits per heavy atom. The van der Waals surface area contributed by atoms with E-state index in [1.165, 1.54) is 0 Å². The van der Waals surface area contributed by atoms with Crippen molar-refractivity contribution in [3.8, 4) is 0 Å². The average molecular weight is 398 g/mol. The highest BCUT2D eigenvalue weighted by atomic mass is 28.4. The van der Waals surface area contributed by atoms with Gasteiger partial charge in [0.25, 0.3) is 0 Å². The fraction of sp³-hybridized carbons (Fsp3) is 0.435. The number of ether oxygens (including phenoxy) is 1. The fourth-order valence-electron chi connectivity index (χ4n) is 3.17. The molecule has 1 heterocycles. The Labute approximate surface area is 169 Å². The Morgan fingerprint density at radius 3 is 2.39 bits per heavy atom. The second kappa shape index (κ2) is 8.09. The number of carbonyl (C=O) groups is 1. The number of hydrogen-bond donors (Lipinski definition) is 0. The van der Waals surface area contributed by atoms with E-state index in [2.05, 4.69) is 39.9 Å². The van der Waals surface area contributed by atoms with E-state index in [9.17, 15) is 4.79 Å². The first-order valence-corrected chi connectivity index (χ1v) is 12.8. The van der Waals surface area contributed by atoms with Crippen molar-refractivity contribution in [1.29, 1.82) is 0 Å². The average Bonchev–Trinajstić information content (AvgIpc) is 2.66. The van der Waals surface area contributed by atoms with Gasteiger partial charge in [0.05, 0.1) is 11.8 Å². The van der Waals surface area contributed by atoms with Crippen molar-refractivity contribution in [3.05, 3.63) is 65.7 Å². The maximum atomic E-state index is 12.8. The summed E-state index contributed by atoms with van der Waals surface area (Å²) in [6.07, 6.45) is 0.501. The molecule has 0 spiro atoms. The van der Waals surface area contributed by atoms with Crippen molar-refractivity contribution in [2.75, 3.05) is 11.4 Å². The van der Waals surface area contributed by atoms with Crippen molar-refractivity contribution in [3.63, 3.8) is 0 Å². The molecule has 1 amide bonds. The fourth-order valence-corrected chi connectivity index (χ4v) is 4.48. The molecule has 2 aromatic rings. The van der Waals surface area contributed by atoms with Gasteiger partial charge in [0.2, 0.25) is 0 Å². The molecule has 0 radical (unpaired) electrons. The molecule has 3 rings (SSSR count).